The molecule has 0 aliphatic rings. The molecule has 0 radical (unpaired) electrons. The van der Waals surface area contributed by atoms with Crippen LogP contribution in [-0.2, 0) is 11.2 Å². The first-order valence-electron chi connectivity index (χ1n) is 8.00. The molecule has 2 aromatic rings. The summed E-state index contributed by atoms with van der Waals surface area (Å²) in [7, 11) is 1.61. The minimum atomic E-state index is -0.437. The third kappa shape index (κ3) is 4.20. The van der Waals surface area contributed by atoms with Gasteiger partial charge in [0.25, 0.3) is 5.91 Å². The third-order valence-corrected chi connectivity index (χ3v) is 5.32. The van der Waals surface area contributed by atoms with Gasteiger partial charge in [0.1, 0.15) is 16.0 Å². The average Bonchev–Trinajstić information content (AvgIpc) is 3.00. The first-order chi connectivity index (χ1) is 11.5. The number of thiazole rings is 1. The Kier molecular flexibility index (Phi) is 6.48. The van der Waals surface area contributed by atoms with Crippen LogP contribution in [0.3, 0.4) is 0 Å². The lowest BCUT2D eigenvalue weighted by atomic mass is 10.0. The highest BCUT2D eigenvalue weighted by Gasteiger charge is 2.21. The van der Waals surface area contributed by atoms with Gasteiger partial charge in [0.05, 0.1) is 18.3 Å². The molecule has 1 aromatic carbocycles. The van der Waals surface area contributed by atoms with E-state index in [-0.39, 0.29) is 18.6 Å². The smallest absolute Gasteiger partial charge is 0.263 e. The molecule has 0 aliphatic heterocycles. The Bertz CT molecular complexity index is 682. The van der Waals surface area contributed by atoms with E-state index >= 15 is 0 Å². The van der Waals surface area contributed by atoms with Crippen LogP contribution in [0.5, 0.6) is 0 Å². The summed E-state index contributed by atoms with van der Waals surface area (Å²) in [5.74, 6) is -0.224. The number of ether oxygens (including phenoxy) is 1. The van der Waals surface area contributed by atoms with Gasteiger partial charge in [0, 0.05) is 7.11 Å². The number of benzene rings is 1. The van der Waals surface area contributed by atoms with Gasteiger partial charge in [0.2, 0.25) is 0 Å². The molecule has 0 bridgehead atoms. The molecule has 0 aliphatic carbocycles. The minimum Gasteiger partial charge on any atom is -0.394 e. The number of methoxy groups -OCH3 is 1. The molecular weight excluding hydrogens is 324 g/mol. The number of carbonyl (C=O) groups is 1. The Morgan fingerprint density at radius 1 is 1.38 bits per heavy atom. The molecule has 0 saturated carbocycles. The van der Waals surface area contributed by atoms with E-state index in [0.717, 1.165) is 17.0 Å². The van der Waals surface area contributed by atoms with Gasteiger partial charge in [-0.3, -0.25) is 4.79 Å². The van der Waals surface area contributed by atoms with Gasteiger partial charge < -0.3 is 15.2 Å². The average molecular weight is 348 g/mol. The second-order valence-electron chi connectivity index (χ2n) is 5.65. The van der Waals surface area contributed by atoms with Gasteiger partial charge in [-0.25, -0.2) is 4.98 Å². The van der Waals surface area contributed by atoms with Gasteiger partial charge in [-0.1, -0.05) is 31.2 Å². The van der Waals surface area contributed by atoms with Crippen molar-refractivity contribution in [3.63, 3.8) is 0 Å². The lowest BCUT2D eigenvalue weighted by molar-refractivity contribution is 0.0919. The molecule has 0 spiro atoms. The van der Waals surface area contributed by atoms with Crippen molar-refractivity contribution in [2.24, 2.45) is 0 Å². The summed E-state index contributed by atoms with van der Waals surface area (Å²) in [4.78, 5) is 17.5. The summed E-state index contributed by atoms with van der Waals surface area (Å²) in [6, 6.07) is 7.48. The molecule has 1 amide bonds. The summed E-state index contributed by atoms with van der Waals surface area (Å²) in [5.41, 5.74) is 2.78. The van der Waals surface area contributed by atoms with Crippen molar-refractivity contribution in [1.82, 2.24) is 10.3 Å². The van der Waals surface area contributed by atoms with Crippen LogP contribution < -0.4 is 5.32 Å². The molecule has 1 aromatic heterocycles. The van der Waals surface area contributed by atoms with Gasteiger partial charge >= 0.3 is 0 Å². The van der Waals surface area contributed by atoms with Gasteiger partial charge in [-0.05, 0) is 31.4 Å². The van der Waals surface area contributed by atoms with Crippen LogP contribution in [0, 0.1) is 6.92 Å². The monoisotopic (exact) mass is 348 g/mol. The van der Waals surface area contributed by atoms with Crippen molar-refractivity contribution in [2.45, 2.75) is 39.3 Å². The number of carbonyl (C=O) groups excluding carboxylic acids is 1. The van der Waals surface area contributed by atoms with Gasteiger partial charge in [0.15, 0.2) is 0 Å². The van der Waals surface area contributed by atoms with E-state index in [9.17, 15) is 9.90 Å². The van der Waals surface area contributed by atoms with Crippen LogP contribution in [0.4, 0.5) is 0 Å². The van der Waals surface area contributed by atoms with Crippen LogP contribution in [0.15, 0.2) is 24.3 Å². The minimum absolute atomic E-state index is 0.148. The molecule has 1 heterocycles. The maximum atomic E-state index is 12.6. The van der Waals surface area contributed by atoms with E-state index in [0.29, 0.717) is 10.6 Å². The fourth-order valence-corrected chi connectivity index (χ4v) is 3.35. The van der Waals surface area contributed by atoms with Gasteiger partial charge in [-0.15, -0.1) is 11.3 Å². The Balaban J connectivity index is 2.15. The number of nitrogens with one attached hydrogen (secondary N) is 1. The summed E-state index contributed by atoms with van der Waals surface area (Å²) in [6.07, 6.45) is 0.808. The van der Waals surface area contributed by atoms with Crippen molar-refractivity contribution < 1.29 is 14.6 Å². The number of hydrogen-bond donors (Lipinski definition) is 2. The van der Waals surface area contributed by atoms with E-state index in [2.05, 4.69) is 17.2 Å². The normalized spacial score (nSPS) is 13.5. The molecule has 0 fully saturated rings. The zero-order chi connectivity index (χ0) is 17.7. The molecule has 24 heavy (non-hydrogen) atoms. The third-order valence-electron chi connectivity index (χ3n) is 4.00. The molecule has 2 N–H and O–H groups in total. The number of aliphatic hydroxyl groups is 1. The fourth-order valence-electron chi connectivity index (χ4n) is 2.35. The number of aromatic nitrogens is 1. The second kappa shape index (κ2) is 8.37. The number of aryl methyl sites for hydroxylation is 2. The van der Waals surface area contributed by atoms with Crippen LogP contribution in [0.25, 0.3) is 0 Å². The fraction of sp³-hybridized carbons (Fsp3) is 0.444. The lowest BCUT2D eigenvalue weighted by Crippen LogP contribution is -2.30. The number of hydrogen-bond acceptors (Lipinski definition) is 5. The van der Waals surface area contributed by atoms with E-state index in [4.69, 9.17) is 4.74 Å². The highest BCUT2D eigenvalue weighted by Crippen LogP contribution is 2.26. The Hall–Kier alpha value is -1.76. The quantitative estimate of drug-likeness (QED) is 0.806. The van der Waals surface area contributed by atoms with Crippen molar-refractivity contribution in [3.8, 4) is 0 Å². The standard InChI is InChI=1S/C18H24N2O3S/c1-5-13-6-8-14(9-7-13)15(10-21)20-17(22)16-11(2)19-18(24-16)12(3)23-4/h6-9,12,15,21H,5,10H2,1-4H3,(H,20,22). The molecule has 130 valence electrons. The van der Waals surface area contributed by atoms with E-state index in [1.54, 1.807) is 14.0 Å². The first-order valence-corrected chi connectivity index (χ1v) is 8.82. The van der Waals surface area contributed by atoms with Crippen LogP contribution >= 0.6 is 11.3 Å². The Labute approximate surface area is 146 Å². The topological polar surface area (TPSA) is 71.5 Å². The van der Waals surface area contributed by atoms with Crippen molar-refractivity contribution in [2.75, 3.05) is 13.7 Å². The zero-order valence-electron chi connectivity index (χ0n) is 14.5. The Morgan fingerprint density at radius 3 is 2.58 bits per heavy atom. The van der Waals surface area contributed by atoms with Crippen LogP contribution in [0.1, 0.15) is 57.5 Å². The molecule has 2 rings (SSSR count). The van der Waals surface area contributed by atoms with E-state index < -0.39 is 6.04 Å². The van der Waals surface area contributed by atoms with Crippen LogP contribution in [0.2, 0.25) is 0 Å². The molecule has 2 atom stereocenters. The summed E-state index contributed by atoms with van der Waals surface area (Å²) < 4.78 is 5.25. The second-order valence-corrected chi connectivity index (χ2v) is 6.68. The molecule has 2 unspecified atom stereocenters. The molecule has 5 nitrogen and oxygen atoms in total. The van der Waals surface area contributed by atoms with Crippen LogP contribution in [-0.4, -0.2) is 29.7 Å². The zero-order valence-corrected chi connectivity index (χ0v) is 15.3. The van der Waals surface area contributed by atoms with Crippen molar-refractivity contribution >= 4 is 17.2 Å². The summed E-state index contributed by atoms with van der Waals surface area (Å²) >= 11 is 1.32. The van der Waals surface area contributed by atoms with Gasteiger partial charge in [-0.2, -0.15) is 0 Å². The van der Waals surface area contributed by atoms with E-state index in [1.807, 2.05) is 31.2 Å². The maximum Gasteiger partial charge on any atom is 0.263 e. The lowest BCUT2D eigenvalue weighted by Gasteiger charge is -2.16. The van der Waals surface area contributed by atoms with E-state index in [1.165, 1.54) is 16.9 Å². The predicted molar refractivity (Wildman–Crippen MR) is 95.4 cm³/mol. The maximum absolute atomic E-state index is 12.6. The first kappa shape index (κ1) is 18.6. The number of rotatable bonds is 7. The number of aliphatic hydroxyl groups excluding tert-OH is 1. The summed E-state index contributed by atoms with van der Waals surface area (Å²) in [6.45, 7) is 5.63. The van der Waals surface area contributed by atoms with Crippen molar-refractivity contribution in [1.29, 1.82) is 0 Å². The highest BCUT2D eigenvalue weighted by molar-refractivity contribution is 7.13. The Morgan fingerprint density at radius 2 is 2.04 bits per heavy atom. The molecule has 0 saturated heterocycles. The molecule has 6 heteroatoms. The van der Waals surface area contributed by atoms with Crippen molar-refractivity contribution in [3.05, 3.63) is 51.0 Å². The number of amides is 1. The SMILES string of the molecule is CCc1ccc(C(CO)NC(=O)c2sc(C(C)OC)nc2C)cc1. The predicted octanol–water partition coefficient (Wildman–Crippen LogP) is 3.18. The number of nitrogens with zero attached hydrogens (tertiary/aromatic N) is 1. The summed E-state index contributed by atoms with van der Waals surface area (Å²) in [5, 5.41) is 13.3. The highest BCUT2D eigenvalue weighted by atomic mass is 32.1. The largest absolute Gasteiger partial charge is 0.394 e. The molecular formula is C18H24N2O3S.